The third kappa shape index (κ3) is 4.13. The van der Waals surface area contributed by atoms with Gasteiger partial charge in [0.25, 0.3) is 5.91 Å². The van der Waals surface area contributed by atoms with E-state index < -0.39 is 0 Å². The molecule has 3 N–H and O–H groups in total. The predicted octanol–water partition coefficient (Wildman–Crippen LogP) is 3.41. The van der Waals surface area contributed by atoms with Crippen LogP contribution in [0.2, 0.25) is 5.02 Å². The maximum atomic E-state index is 11.8. The Kier molecular flexibility index (Phi) is 5.06. The number of anilines is 1. The molecule has 0 fully saturated rings. The van der Waals surface area contributed by atoms with Gasteiger partial charge in [0.1, 0.15) is 5.75 Å². The van der Waals surface area contributed by atoms with Crippen LogP contribution in [0.15, 0.2) is 42.5 Å². The fourth-order valence-corrected chi connectivity index (χ4v) is 2.10. The number of halogens is 1. The Balaban J connectivity index is 2.04. The number of phenols is 1. The van der Waals surface area contributed by atoms with Crippen LogP contribution in [0.5, 0.6) is 5.75 Å². The third-order valence-corrected chi connectivity index (χ3v) is 3.27. The van der Waals surface area contributed by atoms with Crippen LogP contribution in [0.3, 0.4) is 0 Å². The van der Waals surface area contributed by atoms with Gasteiger partial charge in [0.2, 0.25) is 0 Å². The third-order valence-electron chi connectivity index (χ3n) is 2.97. The molecule has 21 heavy (non-hydrogen) atoms. The highest BCUT2D eigenvalue weighted by atomic mass is 35.5. The zero-order valence-electron chi connectivity index (χ0n) is 11.7. The van der Waals surface area contributed by atoms with E-state index in [2.05, 4.69) is 10.6 Å². The monoisotopic (exact) mass is 304 g/mol. The van der Waals surface area contributed by atoms with Gasteiger partial charge in [-0.3, -0.25) is 4.79 Å². The zero-order chi connectivity index (χ0) is 15.2. The minimum atomic E-state index is -0.0890. The second kappa shape index (κ2) is 6.99. The van der Waals surface area contributed by atoms with Gasteiger partial charge in [0, 0.05) is 24.3 Å². The summed E-state index contributed by atoms with van der Waals surface area (Å²) >= 11 is 5.87. The number of hydrogen-bond donors (Lipinski definition) is 3. The largest absolute Gasteiger partial charge is 0.506 e. The molecule has 5 heteroatoms. The number of carbonyl (C=O) groups excluding carboxylic acids is 1. The summed E-state index contributed by atoms with van der Waals surface area (Å²) in [6, 6.07) is 12.4. The fraction of sp³-hybridized carbons (Fsp3) is 0.188. The average Bonchev–Trinajstić information content (AvgIpc) is 2.49. The lowest BCUT2D eigenvalue weighted by atomic mass is 10.1. The highest BCUT2D eigenvalue weighted by molar-refractivity contribution is 6.32. The van der Waals surface area contributed by atoms with E-state index in [1.54, 1.807) is 30.3 Å². The Morgan fingerprint density at radius 3 is 2.76 bits per heavy atom. The Morgan fingerprint density at radius 2 is 2.05 bits per heavy atom. The predicted molar refractivity (Wildman–Crippen MR) is 84.9 cm³/mol. The van der Waals surface area contributed by atoms with Crippen molar-refractivity contribution in [1.29, 1.82) is 0 Å². The van der Waals surface area contributed by atoms with E-state index in [-0.39, 0.29) is 11.7 Å². The van der Waals surface area contributed by atoms with E-state index in [0.29, 0.717) is 23.7 Å². The zero-order valence-corrected chi connectivity index (χ0v) is 12.4. The van der Waals surface area contributed by atoms with E-state index in [0.717, 1.165) is 11.3 Å². The first kappa shape index (κ1) is 15.2. The molecular formula is C16H17ClN2O2. The van der Waals surface area contributed by atoms with Gasteiger partial charge in [-0.15, -0.1) is 0 Å². The molecule has 2 aromatic rings. The quantitative estimate of drug-likeness (QED) is 0.793. The number of benzene rings is 2. The van der Waals surface area contributed by atoms with Crippen molar-refractivity contribution < 1.29 is 9.90 Å². The van der Waals surface area contributed by atoms with Gasteiger partial charge in [0.15, 0.2) is 0 Å². The topological polar surface area (TPSA) is 61.4 Å². The van der Waals surface area contributed by atoms with Crippen molar-refractivity contribution in [1.82, 2.24) is 5.32 Å². The number of phenolic OH excluding ortho intramolecular Hbond substituents is 1. The first-order valence-electron chi connectivity index (χ1n) is 6.69. The van der Waals surface area contributed by atoms with Crippen LogP contribution in [-0.2, 0) is 6.54 Å². The molecule has 0 aliphatic carbocycles. The lowest BCUT2D eigenvalue weighted by Gasteiger charge is -2.09. The smallest absolute Gasteiger partial charge is 0.251 e. The molecule has 0 aliphatic rings. The number of nitrogens with one attached hydrogen (secondary N) is 2. The van der Waals surface area contributed by atoms with Gasteiger partial charge < -0.3 is 15.7 Å². The molecule has 0 atom stereocenters. The molecule has 0 spiro atoms. The summed E-state index contributed by atoms with van der Waals surface area (Å²) in [5.41, 5.74) is 2.41. The normalized spacial score (nSPS) is 10.2. The molecule has 0 bridgehead atoms. The van der Waals surface area contributed by atoms with Crippen LogP contribution in [0.1, 0.15) is 22.8 Å². The van der Waals surface area contributed by atoms with Crippen LogP contribution in [0.4, 0.5) is 5.69 Å². The van der Waals surface area contributed by atoms with Crippen LogP contribution in [0.25, 0.3) is 0 Å². The Morgan fingerprint density at radius 1 is 1.24 bits per heavy atom. The highest BCUT2D eigenvalue weighted by Gasteiger charge is 2.05. The van der Waals surface area contributed by atoms with E-state index in [1.807, 2.05) is 19.1 Å². The van der Waals surface area contributed by atoms with Gasteiger partial charge in [-0.05, 0) is 42.8 Å². The first-order chi connectivity index (χ1) is 10.1. The molecule has 4 nitrogen and oxygen atoms in total. The lowest BCUT2D eigenvalue weighted by Crippen LogP contribution is -2.22. The van der Waals surface area contributed by atoms with Crippen molar-refractivity contribution in [2.45, 2.75) is 13.5 Å². The second-order valence-corrected chi connectivity index (χ2v) is 4.99. The molecule has 0 radical (unpaired) electrons. The summed E-state index contributed by atoms with van der Waals surface area (Å²) in [4.78, 5) is 11.8. The molecule has 110 valence electrons. The number of aromatic hydroxyl groups is 1. The summed E-state index contributed by atoms with van der Waals surface area (Å²) < 4.78 is 0. The number of carbonyl (C=O) groups is 1. The highest BCUT2D eigenvalue weighted by Crippen LogP contribution is 2.24. The maximum absolute atomic E-state index is 11.8. The van der Waals surface area contributed by atoms with Crippen LogP contribution < -0.4 is 10.6 Å². The van der Waals surface area contributed by atoms with Gasteiger partial charge in [-0.25, -0.2) is 0 Å². The summed E-state index contributed by atoms with van der Waals surface area (Å²) in [6.45, 7) is 3.04. The molecule has 0 saturated heterocycles. The van der Waals surface area contributed by atoms with Crippen LogP contribution in [0, 0.1) is 0 Å². The molecule has 0 aromatic heterocycles. The molecule has 0 saturated carbocycles. The first-order valence-corrected chi connectivity index (χ1v) is 7.07. The summed E-state index contributed by atoms with van der Waals surface area (Å²) in [6.07, 6.45) is 0. The fourth-order valence-electron chi connectivity index (χ4n) is 1.90. The molecule has 2 rings (SSSR count). The summed E-state index contributed by atoms with van der Waals surface area (Å²) in [5, 5.41) is 15.7. The van der Waals surface area contributed by atoms with Crippen molar-refractivity contribution >= 4 is 23.2 Å². The SMILES string of the molecule is CCNC(=O)c1cccc(NCc2ccc(O)c(Cl)c2)c1. The Labute approximate surface area is 128 Å². The van der Waals surface area contributed by atoms with Crippen molar-refractivity contribution in [3.05, 3.63) is 58.6 Å². The van der Waals surface area contributed by atoms with Gasteiger partial charge in [-0.2, -0.15) is 0 Å². The Bertz CT molecular complexity index is 644. The summed E-state index contributed by atoms with van der Waals surface area (Å²) in [5.74, 6) is -0.0209. The molecule has 0 aliphatic heterocycles. The van der Waals surface area contributed by atoms with E-state index in [1.165, 1.54) is 0 Å². The van der Waals surface area contributed by atoms with Crippen molar-refractivity contribution in [3.8, 4) is 5.75 Å². The van der Waals surface area contributed by atoms with Crippen LogP contribution >= 0.6 is 11.6 Å². The van der Waals surface area contributed by atoms with Crippen molar-refractivity contribution in [3.63, 3.8) is 0 Å². The number of hydrogen-bond acceptors (Lipinski definition) is 3. The number of amides is 1. The van der Waals surface area contributed by atoms with E-state index in [9.17, 15) is 9.90 Å². The molecule has 0 unspecified atom stereocenters. The Hall–Kier alpha value is -2.20. The van der Waals surface area contributed by atoms with Gasteiger partial charge in [-0.1, -0.05) is 23.7 Å². The van der Waals surface area contributed by atoms with Crippen molar-refractivity contribution in [2.75, 3.05) is 11.9 Å². The van der Waals surface area contributed by atoms with Crippen molar-refractivity contribution in [2.24, 2.45) is 0 Å². The molecule has 1 amide bonds. The van der Waals surface area contributed by atoms with Gasteiger partial charge in [0.05, 0.1) is 5.02 Å². The van der Waals surface area contributed by atoms with Gasteiger partial charge >= 0.3 is 0 Å². The molecule has 2 aromatic carbocycles. The minimum absolute atomic E-state index is 0.0682. The number of rotatable bonds is 5. The average molecular weight is 305 g/mol. The lowest BCUT2D eigenvalue weighted by molar-refractivity contribution is 0.0956. The maximum Gasteiger partial charge on any atom is 0.251 e. The minimum Gasteiger partial charge on any atom is -0.506 e. The second-order valence-electron chi connectivity index (χ2n) is 4.58. The van der Waals surface area contributed by atoms with E-state index >= 15 is 0 Å². The van der Waals surface area contributed by atoms with E-state index in [4.69, 9.17) is 11.6 Å². The standard InChI is InChI=1S/C16H17ClN2O2/c1-2-18-16(21)12-4-3-5-13(9-12)19-10-11-6-7-15(20)14(17)8-11/h3-9,19-20H,2,10H2,1H3,(H,18,21). The molecular weight excluding hydrogens is 288 g/mol. The molecule has 0 heterocycles. The van der Waals surface area contributed by atoms with Crippen LogP contribution in [-0.4, -0.2) is 17.6 Å². The summed E-state index contributed by atoms with van der Waals surface area (Å²) in [7, 11) is 0.